The summed E-state index contributed by atoms with van der Waals surface area (Å²) in [5.74, 6) is -2.73. The largest absolute Gasteiger partial charge is 0.480 e. The summed E-state index contributed by atoms with van der Waals surface area (Å²) in [6.45, 7) is 7.31. The van der Waals surface area contributed by atoms with Gasteiger partial charge in [0.25, 0.3) is 0 Å². The maximum absolute atomic E-state index is 11.5. The molecule has 10 N–H and O–H groups in total. The molecule has 2 saturated heterocycles. The Hall–Kier alpha value is -4.25. The first kappa shape index (κ1) is 64.8. The Bertz CT molecular complexity index is 1760. The van der Waals surface area contributed by atoms with E-state index in [1.54, 1.807) is 19.0 Å². The lowest BCUT2D eigenvalue weighted by Gasteiger charge is -2.34. The van der Waals surface area contributed by atoms with Gasteiger partial charge in [-0.15, -0.1) is 0 Å². The third kappa shape index (κ3) is 26.5. The molecule has 2 atom stereocenters. The van der Waals surface area contributed by atoms with E-state index in [0.29, 0.717) is 102 Å². The molecule has 4 rings (SSSR count). The van der Waals surface area contributed by atoms with Crippen LogP contribution >= 0.6 is 24.4 Å². The maximum Gasteiger partial charge on any atom is 0.317 e. The van der Waals surface area contributed by atoms with Gasteiger partial charge in [0.1, 0.15) is 0 Å². The van der Waals surface area contributed by atoms with Crippen LogP contribution in [0, 0.1) is 0 Å². The summed E-state index contributed by atoms with van der Waals surface area (Å²) in [7, 11) is 3.50. The number of hydrogen-bond acceptors (Lipinski definition) is 17. The second-order valence-corrected chi connectivity index (χ2v) is 16.7. The van der Waals surface area contributed by atoms with Crippen molar-refractivity contribution in [1.29, 1.82) is 0 Å². The number of carboxylic acid groups (broad SMARTS) is 3. The summed E-state index contributed by atoms with van der Waals surface area (Å²) in [6, 6.07) is 15.8. The number of anilines is 2. The van der Waals surface area contributed by atoms with Crippen molar-refractivity contribution in [1.82, 2.24) is 40.0 Å². The molecule has 2 aliphatic rings. The van der Waals surface area contributed by atoms with Gasteiger partial charge in [0.2, 0.25) is 0 Å². The molecule has 0 radical (unpaired) electrons. The monoisotopic (exact) mass is 1020 g/mol. The molecule has 24 heteroatoms. The number of hydrogen-bond donors (Lipinski definition) is 10. The summed E-state index contributed by atoms with van der Waals surface area (Å²) < 4.78 is 0. The van der Waals surface area contributed by atoms with Crippen molar-refractivity contribution < 1.29 is 60.1 Å². The van der Waals surface area contributed by atoms with Crippen LogP contribution in [0.4, 0.5) is 11.4 Å². The molecule has 394 valence electrons. The molecule has 0 aromatic heterocycles. The van der Waals surface area contributed by atoms with Crippen LogP contribution in [-0.2, 0) is 41.9 Å². The highest BCUT2D eigenvalue weighted by molar-refractivity contribution is 7.80. The topological polar surface area (TPSA) is 268 Å². The molecule has 2 heterocycles. The van der Waals surface area contributed by atoms with Crippen molar-refractivity contribution >= 4 is 63.9 Å². The number of benzene rings is 2. The predicted molar refractivity (Wildman–Crippen MR) is 276 cm³/mol. The van der Waals surface area contributed by atoms with E-state index in [9.17, 15) is 29.7 Å². The van der Waals surface area contributed by atoms with Crippen molar-refractivity contribution in [3.63, 3.8) is 0 Å². The third-order valence-electron chi connectivity index (χ3n) is 11.2. The number of carbonyl (C=O) groups is 3. The Labute approximate surface area is 418 Å². The van der Waals surface area contributed by atoms with Crippen molar-refractivity contribution in [2.45, 2.75) is 47.2 Å². The van der Waals surface area contributed by atoms with Crippen molar-refractivity contribution in [2.75, 3.05) is 149 Å². The van der Waals surface area contributed by atoms with E-state index < -0.39 is 17.9 Å². The lowest BCUT2D eigenvalue weighted by atomic mass is 10.0. The van der Waals surface area contributed by atoms with Gasteiger partial charge in [0.05, 0.1) is 39.5 Å². The Morgan fingerprint density at radius 1 is 0.522 bits per heavy atom. The highest BCUT2D eigenvalue weighted by Crippen LogP contribution is 2.18. The van der Waals surface area contributed by atoms with Crippen LogP contribution in [0.5, 0.6) is 0 Å². The molecule has 69 heavy (non-hydrogen) atoms. The second-order valence-electron chi connectivity index (χ2n) is 15.9. The molecule has 0 amide bonds. The third-order valence-corrected chi connectivity index (χ3v) is 11.8. The molecule has 2 aromatic carbocycles. The van der Waals surface area contributed by atoms with Gasteiger partial charge in [-0.25, -0.2) is 14.7 Å². The Morgan fingerprint density at radius 3 is 1.20 bits per heavy atom. The minimum atomic E-state index is -0.932. The molecule has 2 aliphatic heterocycles. The van der Waals surface area contributed by atoms with Gasteiger partial charge in [-0.05, 0) is 72.7 Å². The smallest absolute Gasteiger partial charge is 0.317 e. The van der Waals surface area contributed by atoms with Gasteiger partial charge >= 0.3 is 17.9 Å². The lowest BCUT2D eigenvalue weighted by molar-refractivity contribution is -0.245. The summed E-state index contributed by atoms with van der Waals surface area (Å²) in [6.07, 6.45) is 1.36. The van der Waals surface area contributed by atoms with E-state index >= 15 is 0 Å². The Kier molecular flexibility index (Phi) is 34.4. The van der Waals surface area contributed by atoms with Gasteiger partial charge < -0.3 is 36.6 Å². The highest BCUT2D eigenvalue weighted by Gasteiger charge is 2.28. The quantitative estimate of drug-likeness (QED) is 0.0489. The van der Waals surface area contributed by atoms with Gasteiger partial charge in [0.15, 0.2) is 10.2 Å². The van der Waals surface area contributed by atoms with E-state index in [0.717, 1.165) is 29.0 Å². The summed E-state index contributed by atoms with van der Waals surface area (Å²) >= 11 is 10.3. The fourth-order valence-electron chi connectivity index (χ4n) is 7.79. The maximum atomic E-state index is 11.5. The number of rotatable bonds is 21. The average molecular weight is 1020 g/mol. The van der Waals surface area contributed by atoms with Crippen LogP contribution < -0.4 is 21.3 Å². The van der Waals surface area contributed by atoms with E-state index in [1.165, 1.54) is 0 Å². The van der Waals surface area contributed by atoms with Crippen molar-refractivity contribution in [3.8, 4) is 0 Å². The SMILES string of the molecule is C.C.C.CNC(=S)Nc1ccc(CC2CN(CC(=O)O)CCN(CC(=O)O)CCN2CCOO)cc1.CNC(=S)Nc1ccc(CC2CN(CC(=O)O)CCN(CCOO)CCN2CCOO)cc1. The van der Waals surface area contributed by atoms with E-state index in [4.69, 9.17) is 40.2 Å². The molecule has 2 aromatic rings. The molecule has 0 spiro atoms. The van der Waals surface area contributed by atoms with Crippen LogP contribution in [0.2, 0.25) is 0 Å². The summed E-state index contributed by atoms with van der Waals surface area (Å²) in [5.41, 5.74) is 3.91. The van der Waals surface area contributed by atoms with Gasteiger partial charge in [-0.2, -0.15) is 0 Å². The fourth-order valence-corrected chi connectivity index (χ4v) is 8.02. The number of nitrogens with zero attached hydrogens (tertiary/aromatic N) is 6. The number of thiocarbonyl (C=S) groups is 2. The molecule has 0 saturated carbocycles. The Morgan fingerprint density at radius 2 is 0.841 bits per heavy atom. The number of carboxylic acids is 3. The zero-order valence-corrected chi connectivity index (χ0v) is 39.4. The average Bonchev–Trinajstić information content (AvgIpc) is 3.40. The van der Waals surface area contributed by atoms with Crippen LogP contribution in [0.25, 0.3) is 0 Å². The first-order chi connectivity index (χ1) is 31.7. The van der Waals surface area contributed by atoms with Crippen LogP contribution in [0.1, 0.15) is 33.4 Å². The minimum Gasteiger partial charge on any atom is -0.480 e. The predicted octanol–water partition coefficient (Wildman–Crippen LogP) is 2.50. The van der Waals surface area contributed by atoms with E-state index in [1.807, 2.05) is 58.3 Å². The summed E-state index contributed by atoms with van der Waals surface area (Å²) in [4.78, 5) is 59.1. The summed E-state index contributed by atoms with van der Waals surface area (Å²) in [5, 5.41) is 67.5. The first-order valence-corrected chi connectivity index (χ1v) is 22.5. The van der Waals surface area contributed by atoms with Crippen molar-refractivity contribution in [3.05, 3.63) is 59.7 Å². The molecule has 0 bridgehead atoms. The highest BCUT2D eigenvalue weighted by atomic mass is 32.1. The zero-order valence-electron chi connectivity index (χ0n) is 37.8. The number of aliphatic carboxylic acids is 3. The Balaban J connectivity index is 0.00000128. The molecular formula is C45H80N10O12S2. The van der Waals surface area contributed by atoms with Gasteiger partial charge in [-0.1, -0.05) is 46.5 Å². The first-order valence-electron chi connectivity index (χ1n) is 21.7. The van der Waals surface area contributed by atoms with Crippen LogP contribution in [0.3, 0.4) is 0 Å². The zero-order chi connectivity index (χ0) is 48.3. The van der Waals surface area contributed by atoms with E-state index in [-0.39, 0.29) is 73.8 Å². The standard InChI is InChI=1S/C21H35N5O6S.C21H33N5O6S.3CH4/c1-22-21(33)23-18-4-2-17(3-5-18)14-19-15-25(16-20(27)28)7-6-24(10-12-31-29)8-9-26(19)11-13-32-30;1-22-21(33)23-17-4-2-16(3-5-17)12-18-13-25(15-20(29)30)7-6-24(14-19(27)28)8-9-26(18)10-11-32-31;;;/h2-5,19,29-30H,6-16H2,1H3,(H,27,28)(H2,22,23,33);2-5,18,31H,6-15H2,1H3,(H,27,28)(H,29,30)(H2,22,23,33);3*1H4. The van der Waals surface area contributed by atoms with Crippen LogP contribution in [0.15, 0.2) is 48.5 Å². The van der Waals surface area contributed by atoms with Gasteiger partial charge in [0, 0.05) is 123 Å². The number of nitrogens with one attached hydrogen (secondary N) is 4. The molecular weight excluding hydrogens is 937 g/mol. The van der Waals surface area contributed by atoms with E-state index in [2.05, 4.69) is 50.6 Å². The van der Waals surface area contributed by atoms with Crippen molar-refractivity contribution in [2.24, 2.45) is 0 Å². The second kappa shape index (κ2) is 36.7. The lowest BCUT2D eigenvalue weighted by Crippen LogP contribution is -2.48. The minimum absolute atomic E-state index is 0. The molecule has 2 unspecified atom stereocenters. The van der Waals surface area contributed by atoms with Gasteiger partial charge in [-0.3, -0.25) is 59.6 Å². The molecule has 22 nitrogen and oxygen atoms in total. The molecule has 0 aliphatic carbocycles. The normalized spacial score (nSPS) is 17.9. The molecule has 2 fully saturated rings. The van der Waals surface area contributed by atoms with Crippen LogP contribution in [-0.4, -0.2) is 239 Å². The fraction of sp³-hybridized carbons (Fsp3) is 0.622.